The number of amides is 2. The molecule has 8 heteroatoms. The molecule has 0 radical (unpaired) electrons. The van der Waals surface area contributed by atoms with Gasteiger partial charge in [0.2, 0.25) is 5.91 Å². The largest absolute Gasteiger partial charge is 0.482 e. The summed E-state index contributed by atoms with van der Waals surface area (Å²) in [5.41, 5.74) is 1.65. The van der Waals surface area contributed by atoms with E-state index in [9.17, 15) is 14.4 Å². The quantitative estimate of drug-likeness (QED) is 0.857. The second-order valence-electron chi connectivity index (χ2n) is 5.76. The number of carboxylic acids is 1. The van der Waals surface area contributed by atoms with E-state index in [0.717, 1.165) is 0 Å². The standard InChI is InChI=1S/C18H15ClN2O5/c1-10-6-11(18(24)25)2-4-13(10)20-16(22)8-21-14-7-12(19)3-5-15(14)26-9-17(21)23/h2-7H,8-9H2,1H3,(H,20,22)(H,24,25). The predicted molar refractivity (Wildman–Crippen MR) is 96.1 cm³/mol. The maximum absolute atomic E-state index is 12.4. The summed E-state index contributed by atoms with van der Waals surface area (Å²) < 4.78 is 5.34. The molecule has 2 N–H and O–H groups in total. The molecular formula is C18H15ClN2O5. The summed E-state index contributed by atoms with van der Waals surface area (Å²) in [6, 6.07) is 9.23. The van der Waals surface area contributed by atoms with Crippen LogP contribution in [0.5, 0.6) is 5.75 Å². The summed E-state index contributed by atoms with van der Waals surface area (Å²) in [6.45, 7) is 1.32. The van der Waals surface area contributed by atoms with Crippen LogP contribution in [0.15, 0.2) is 36.4 Å². The lowest BCUT2D eigenvalue weighted by molar-refractivity contribution is -0.123. The number of carbonyl (C=O) groups excluding carboxylic acids is 2. The number of halogens is 1. The number of aryl methyl sites for hydroxylation is 1. The third kappa shape index (κ3) is 3.62. The number of carboxylic acid groups (broad SMARTS) is 1. The number of benzene rings is 2. The van der Waals surface area contributed by atoms with Crippen LogP contribution in [0.1, 0.15) is 15.9 Å². The minimum Gasteiger partial charge on any atom is -0.482 e. The van der Waals surface area contributed by atoms with Crippen LogP contribution in [-0.2, 0) is 9.59 Å². The van der Waals surface area contributed by atoms with Gasteiger partial charge in [-0.3, -0.25) is 14.5 Å². The molecule has 3 rings (SSSR count). The Morgan fingerprint density at radius 1 is 1.27 bits per heavy atom. The molecule has 2 aromatic rings. The molecule has 2 amide bonds. The Balaban J connectivity index is 1.77. The smallest absolute Gasteiger partial charge is 0.335 e. The normalized spacial score (nSPS) is 13.0. The molecule has 0 aliphatic carbocycles. The number of hydrogen-bond donors (Lipinski definition) is 2. The van der Waals surface area contributed by atoms with Gasteiger partial charge < -0.3 is 15.2 Å². The zero-order valence-electron chi connectivity index (χ0n) is 13.8. The van der Waals surface area contributed by atoms with Gasteiger partial charge in [0.05, 0.1) is 11.3 Å². The molecule has 134 valence electrons. The third-order valence-corrected chi connectivity index (χ3v) is 4.15. The Labute approximate surface area is 154 Å². The fraction of sp³-hybridized carbons (Fsp3) is 0.167. The van der Waals surface area contributed by atoms with Gasteiger partial charge >= 0.3 is 5.97 Å². The van der Waals surface area contributed by atoms with Gasteiger partial charge in [-0.2, -0.15) is 0 Å². The first-order chi connectivity index (χ1) is 12.3. The second kappa shape index (κ2) is 7.05. The fourth-order valence-electron chi connectivity index (χ4n) is 2.62. The zero-order chi connectivity index (χ0) is 18.8. The highest BCUT2D eigenvalue weighted by Gasteiger charge is 2.27. The highest BCUT2D eigenvalue weighted by Crippen LogP contribution is 2.34. The van der Waals surface area contributed by atoms with Crippen LogP contribution in [0, 0.1) is 6.92 Å². The minimum atomic E-state index is -1.04. The number of anilines is 2. The topological polar surface area (TPSA) is 95.9 Å². The molecule has 1 aliphatic heterocycles. The van der Waals surface area contributed by atoms with Crippen LogP contribution in [0.25, 0.3) is 0 Å². The summed E-state index contributed by atoms with van der Waals surface area (Å²) >= 11 is 5.98. The number of hydrogen-bond acceptors (Lipinski definition) is 4. The number of rotatable bonds is 4. The van der Waals surface area contributed by atoms with E-state index in [2.05, 4.69) is 5.32 Å². The van der Waals surface area contributed by atoms with Crippen molar-refractivity contribution in [3.05, 3.63) is 52.5 Å². The Kier molecular flexibility index (Phi) is 4.81. The molecule has 1 aliphatic rings. The number of nitrogens with one attached hydrogen (secondary N) is 1. The molecule has 26 heavy (non-hydrogen) atoms. The van der Waals surface area contributed by atoms with Crippen LogP contribution in [0.4, 0.5) is 11.4 Å². The molecule has 2 aromatic carbocycles. The summed E-state index contributed by atoms with van der Waals surface area (Å²) in [5, 5.41) is 12.1. The van der Waals surface area contributed by atoms with Gasteiger partial charge in [0.1, 0.15) is 12.3 Å². The third-order valence-electron chi connectivity index (χ3n) is 3.91. The maximum atomic E-state index is 12.4. The predicted octanol–water partition coefficient (Wildman–Crippen LogP) is 2.71. The molecule has 0 bridgehead atoms. The van der Waals surface area contributed by atoms with Crippen molar-refractivity contribution in [2.45, 2.75) is 6.92 Å². The molecule has 0 unspecified atom stereocenters. The Morgan fingerprint density at radius 2 is 2.04 bits per heavy atom. The van der Waals surface area contributed by atoms with Crippen molar-refractivity contribution in [1.82, 2.24) is 0 Å². The average molecular weight is 375 g/mol. The molecule has 7 nitrogen and oxygen atoms in total. The van der Waals surface area contributed by atoms with E-state index in [-0.39, 0.29) is 24.6 Å². The van der Waals surface area contributed by atoms with Gasteiger partial charge in [-0.15, -0.1) is 0 Å². The average Bonchev–Trinajstić information content (AvgIpc) is 2.59. The van der Waals surface area contributed by atoms with E-state index >= 15 is 0 Å². The van der Waals surface area contributed by atoms with E-state index in [0.29, 0.717) is 27.7 Å². The molecule has 0 saturated carbocycles. The van der Waals surface area contributed by atoms with Gasteiger partial charge in [-0.1, -0.05) is 11.6 Å². The molecule has 0 fully saturated rings. The highest BCUT2D eigenvalue weighted by molar-refractivity contribution is 6.31. The van der Waals surface area contributed by atoms with Crippen LogP contribution in [-0.4, -0.2) is 36.0 Å². The van der Waals surface area contributed by atoms with E-state index in [1.54, 1.807) is 25.1 Å². The number of fused-ring (bicyclic) bond motifs is 1. The Morgan fingerprint density at radius 3 is 2.73 bits per heavy atom. The monoisotopic (exact) mass is 374 g/mol. The van der Waals surface area contributed by atoms with E-state index < -0.39 is 11.9 Å². The van der Waals surface area contributed by atoms with Crippen molar-refractivity contribution in [2.24, 2.45) is 0 Å². The van der Waals surface area contributed by atoms with E-state index in [1.165, 1.54) is 23.1 Å². The Bertz CT molecular complexity index is 912. The van der Waals surface area contributed by atoms with Gasteiger partial charge in [0, 0.05) is 10.7 Å². The van der Waals surface area contributed by atoms with E-state index in [1.807, 2.05) is 0 Å². The minimum absolute atomic E-state index is 0.132. The SMILES string of the molecule is Cc1cc(C(=O)O)ccc1NC(=O)CN1C(=O)COc2ccc(Cl)cc21. The lowest BCUT2D eigenvalue weighted by atomic mass is 10.1. The molecule has 0 saturated heterocycles. The van der Waals surface area contributed by atoms with Crippen LogP contribution in [0.2, 0.25) is 5.02 Å². The summed E-state index contributed by atoms with van der Waals surface area (Å²) in [5.74, 6) is -1.34. The van der Waals surface area contributed by atoms with Crippen LogP contribution in [0.3, 0.4) is 0 Å². The van der Waals surface area contributed by atoms with Crippen molar-refractivity contribution in [1.29, 1.82) is 0 Å². The molecule has 0 atom stereocenters. The van der Waals surface area contributed by atoms with Crippen molar-refractivity contribution in [3.63, 3.8) is 0 Å². The van der Waals surface area contributed by atoms with Crippen molar-refractivity contribution < 1.29 is 24.2 Å². The van der Waals surface area contributed by atoms with Crippen molar-refractivity contribution in [2.75, 3.05) is 23.4 Å². The van der Waals surface area contributed by atoms with Crippen LogP contribution < -0.4 is 15.0 Å². The fourth-order valence-corrected chi connectivity index (χ4v) is 2.79. The van der Waals surface area contributed by atoms with Gasteiger partial charge in [-0.25, -0.2) is 4.79 Å². The van der Waals surface area contributed by atoms with Crippen molar-refractivity contribution in [3.8, 4) is 5.75 Å². The van der Waals surface area contributed by atoms with Crippen LogP contribution >= 0.6 is 11.6 Å². The first kappa shape index (κ1) is 17.8. The zero-order valence-corrected chi connectivity index (χ0v) is 14.5. The molecular weight excluding hydrogens is 360 g/mol. The summed E-state index contributed by atoms with van der Waals surface area (Å²) in [6.07, 6.45) is 0. The maximum Gasteiger partial charge on any atom is 0.335 e. The number of nitrogens with zero attached hydrogens (tertiary/aromatic N) is 1. The van der Waals surface area contributed by atoms with Gasteiger partial charge in [0.25, 0.3) is 5.91 Å². The lowest BCUT2D eigenvalue weighted by Gasteiger charge is -2.29. The first-order valence-electron chi connectivity index (χ1n) is 7.71. The number of carbonyl (C=O) groups is 3. The summed E-state index contributed by atoms with van der Waals surface area (Å²) in [4.78, 5) is 36.8. The van der Waals surface area contributed by atoms with E-state index in [4.69, 9.17) is 21.4 Å². The molecule has 0 aromatic heterocycles. The number of ether oxygens (including phenoxy) is 1. The Hall–Kier alpha value is -3.06. The van der Waals surface area contributed by atoms with Gasteiger partial charge in [-0.05, 0) is 48.9 Å². The summed E-state index contributed by atoms with van der Waals surface area (Å²) in [7, 11) is 0. The number of aromatic carboxylic acids is 1. The van der Waals surface area contributed by atoms with Crippen molar-refractivity contribution >= 4 is 40.8 Å². The molecule has 1 heterocycles. The lowest BCUT2D eigenvalue weighted by Crippen LogP contribution is -2.43. The second-order valence-corrected chi connectivity index (χ2v) is 6.20. The molecule has 0 spiro atoms. The first-order valence-corrected chi connectivity index (χ1v) is 8.09. The van der Waals surface area contributed by atoms with Gasteiger partial charge in [0.15, 0.2) is 6.61 Å². The highest BCUT2D eigenvalue weighted by atomic mass is 35.5.